The van der Waals surface area contributed by atoms with Gasteiger partial charge in [0.1, 0.15) is 0 Å². The van der Waals surface area contributed by atoms with Gasteiger partial charge in [-0.3, -0.25) is 10.4 Å². The van der Waals surface area contributed by atoms with E-state index < -0.39 is 8.80 Å². The molecule has 0 aliphatic heterocycles. The molecule has 0 aliphatic rings. The first-order valence-corrected chi connectivity index (χ1v) is 7.60. The molecule has 0 saturated heterocycles. The second kappa shape index (κ2) is 9.05. The molecule has 0 aromatic rings. The molecule has 0 atom stereocenters. The van der Waals surface area contributed by atoms with Crippen molar-refractivity contribution in [2.45, 2.75) is 33.2 Å². The van der Waals surface area contributed by atoms with Crippen molar-refractivity contribution in [1.29, 1.82) is 0 Å². The summed E-state index contributed by atoms with van der Waals surface area (Å²) < 4.78 is 16.8. The summed E-state index contributed by atoms with van der Waals surface area (Å²) >= 11 is 0. The lowest BCUT2D eigenvalue weighted by atomic mass is 10.5. The van der Waals surface area contributed by atoms with Crippen LogP contribution in [0.15, 0.2) is 0 Å². The van der Waals surface area contributed by atoms with E-state index in [0.29, 0.717) is 32.3 Å². The largest absolute Gasteiger partial charge is 0.500 e. The Morgan fingerprint density at radius 3 is 1.69 bits per heavy atom. The van der Waals surface area contributed by atoms with Crippen LogP contribution < -0.4 is 0 Å². The van der Waals surface area contributed by atoms with Gasteiger partial charge in [0, 0.05) is 25.9 Å². The van der Waals surface area contributed by atoms with E-state index in [1.54, 1.807) is 0 Å². The Balaban J connectivity index is 4.23. The van der Waals surface area contributed by atoms with Gasteiger partial charge in [-0.05, 0) is 27.2 Å². The van der Waals surface area contributed by atoms with Gasteiger partial charge in [0.2, 0.25) is 0 Å². The van der Waals surface area contributed by atoms with E-state index in [-0.39, 0.29) is 11.8 Å². The van der Waals surface area contributed by atoms with E-state index in [1.165, 1.54) is 0 Å². The first-order valence-electron chi connectivity index (χ1n) is 5.67. The number of hydrogen-bond donors (Lipinski definition) is 2. The van der Waals surface area contributed by atoms with Crippen molar-refractivity contribution >= 4 is 8.80 Å². The second-order valence-electron chi connectivity index (χ2n) is 3.18. The molecule has 0 heterocycles. The molecule has 0 bridgehead atoms. The van der Waals surface area contributed by atoms with E-state index in [4.69, 9.17) is 23.7 Å². The molecule has 0 aromatic heterocycles. The molecule has 7 heteroatoms. The van der Waals surface area contributed by atoms with Gasteiger partial charge >= 0.3 is 8.80 Å². The fourth-order valence-electron chi connectivity index (χ4n) is 1.44. The van der Waals surface area contributed by atoms with E-state index in [2.05, 4.69) is 0 Å². The van der Waals surface area contributed by atoms with Crippen LogP contribution >= 0.6 is 0 Å². The zero-order chi connectivity index (χ0) is 12.4. The summed E-state index contributed by atoms with van der Waals surface area (Å²) in [5, 5.41) is 17.4. The molecule has 0 fully saturated rings. The van der Waals surface area contributed by atoms with Crippen LogP contribution in [0, 0.1) is 0 Å². The van der Waals surface area contributed by atoms with Gasteiger partial charge in [0.25, 0.3) is 0 Å². The lowest BCUT2D eigenvalue weighted by Gasteiger charge is -2.28. The maximum atomic E-state index is 8.62. The Morgan fingerprint density at radius 2 is 1.38 bits per heavy atom. The minimum atomic E-state index is -2.61. The fraction of sp³-hybridized carbons (Fsp3) is 1.00. The maximum Gasteiger partial charge on any atom is 0.500 e. The zero-order valence-corrected chi connectivity index (χ0v) is 11.3. The van der Waals surface area contributed by atoms with Crippen LogP contribution in [-0.4, -0.2) is 50.8 Å². The van der Waals surface area contributed by atoms with Gasteiger partial charge in [0.05, 0.1) is 6.54 Å². The van der Waals surface area contributed by atoms with Crippen LogP contribution in [0.25, 0.3) is 0 Å². The quantitative estimate of drug-likeness (QED) is 0.454. The molecular formula is C9H23NO5Si. The molecular weight excluding hydrogens is 230 g/mol. The predicted molar refractivity (Wildman–Crippen MR) is 60.3 cm³/mol. The first-order chi connectivity index (χ1) is 7.60. The second-order valence-corrected chi connectivity index (χ2v) is 5.91. The molecule has 16 heavy (non-hydrogen) atoms. The summed E-state index contributed by atoms with van der Waals surface area (Å²) in [6.45, 7) is 7.44. The summed E-state index contributed by atoms with van der Waals surface area (Å²) in [7, 11) is -2.61. The van der Waals surface area contributed by atoms with Gasteiger partial charge in [0.15, 0.2) is 0 Å². The van der Waals surface area contributed by atoms with Crippen molar-refractivity contribution in [1.82, 2.24) is 5.23 Å². The van der Waals surface area contributed by atoms with Gasteiger partial charge in [-0.2, -0.15) is 0 Å². The molecule has 0 aromatic carbocycles. The lowest BCUT2D eigenvalue weighted by molar-refractivity contribution is -0.306. The van der Waals surface area contributed by atoms with Crippen molar-refractivity contribution in [3.8, 4) is 0 Å². The average molecular weight is 253 g/mol. The van der Waals surface area contributed by atoms with Crippen molar-refractivity contribution in [2.24, 2.45) is 0 Å². The number of nitrogens with zero attached hydrogens (tertiary/aromatic N) is 1. The van der Waals surface area contributed by atoms with Crippen molar-refractivity contribution in [3.05, 3.63) is 0 Å². The molecule has 0 saturated carbocycles. The molecule has 0 rings (SSSR count). The third kappa shape index (κ3) is 6.54. The summed E-state index contributed by atoms with van der Waals surface area (Å²) in [6, 6.07) is 0.583. The summed E-state index contributed by atoms with van der Waals surface area (Å²) in [6.07, 6.45) is 0.555. The molecule has 0 radical (unpaired) electrons. The fourth-order valence-corrected chi connectivity index (χ4v) is 4.03. The van der Waals surface area contributed by atoms with E-state index >= 15 is 0 Å². The molecule has 6 nitrogen and oxygen atoms in total. The molecule has 2 N–H and O–H groups in total. The van der Waals surface area contributed by atoms with Gasteiger partial charge in [-0.1, -0.05) is 5.23 Å². The van der Waals surface area contributed by atoms with E-state index in [9.17, 15) is 0 Å². The third-order valence-corrected chi connectivity index (χ3v) is 5.09. The van der Waals surface area contributed by atoms with Gasteiger partial charge < -0.3 is 13.3 Å². The highest BCUT2D eigenvalue weighted by Gasteiger charge is 2.39. The van der Waals surface area contributed by atoms with E-state index in [1.807, 2.05) is 20.8 Å². The first kappa shape index (κ1) is 16.0. The Labute approximate surface area is 98.0 Å². The molecule has 0 spiro atoms. The standard InChI is InChI=1S/C9H23NO5Si/c1-4-13-16(14-5-2,15-6-3)9-7-8-10(11)12/h11-12H,4-9H2,1-3H3. The normalized spacial score (nSPS) is 12.4. The molecule has 0 aliphatic carbocycles. The highest BCUT2D eigenvalue weighted by Crippen LogP contribution is 2.18. The Hall–Kier alpha value is -0.0231. The summed E-state index contributed by atoms with van der Waals surface area (Å²) in [4.78, 5) is 0. The van der Waals surface area contributed by atoms with Crippen LogP contribution in [0.1, 0.15) is 27.2 Å². The van der Waals surface area contributed by atoms with Crippen molar-refractivity contribution in [2.75, 3.05) is 26.4 Å². The monoisotopic (exact) mass is 253 g/mol. The van der Waals surface area contributed by atoms with Crippen LogP contribution in [0.3, 0.4) is 0 Å². The predicted octanol–water partition coefficient (Wildman–Crippen LogP) is 1.51. The Morgan fingerprint density at radius 1 is 0.938 bits per heavy atom. The summed E-state index contributed by atoms with van der Waals surface area (Å²) in [5.41, 5.74) is 0. The molecule has 0 unspecified atom stereocenters. The number of rotatable bonds is 10. The molecule has 0 amide bonds. The van der Waals surface area contributed by atoms with Crippen molar-refractivity contribution in [3.63, 3.8) is 0 Å². The Bertz CT molecular complexity index is 153. The van der Waals surface area contributed by atoms with Crippen LogP contribution in [0.4, 0.5) is 0 Å². The topological polar surface area (TPSA) is 71.4 Å². The van der Waals surface area contributed by atoms with Crippen molar-refractivity contribution < 1.29 is 23.7 Å². The highest BCUT2D eigenvalue weighted by atomic mass is 28.4. The SMILES string of the molecule is CCO[Si](CCCN(O)O)(OCC)OCC. The van der Waals surface area contributed by atoms with Gasteiger partial charge in [-0.15, -0.1) is 0 Å². The zero-order valence-electron chi connectivity index (χ0n) is 10.3. The Kier molecular flexibility index (Phi) is 9.04. The van der Waals surface area contributed by atoms with E-state index in [0.717, 1.165) is 0 Å². The van der Waals surface area contributed by atoms with Gasteiger partial charge in [-0.25, -0.2) is 0 Å². The van der Waals surface area contributed by atoms with Crippen LogP contribution in [-0.2, 0) is 13.3 Å². The number of hydrogen-bond acceptors (Lipinski definition) is 6. The third-order valence-electron chi connectivity index (χ3n) is 1.93. The van der Waals surface area contributed by atoms with Crippen LogP contribution in [0.2, 0.25) is 6.04 Å². The average Bonchev–Trinajstić information content (AvgIpc) is 2.18. The minimum Gasteiger partial charge on any atom is -0.374 e. The maximum absolute atomic E-state index is 8.62. The van der Waals surface area contributed by atoms with Crippen LogP contribution in [0.5, 0.6) is 0 Å². The minimum absolute atomic E-state index is 0.155. The lowest BCUT2D eigenvalue weighted by Crippen LogP contribution is -2.46. The number of hydroxylamine groups is 2. The highest BCUT2D eigenvalue weighted by molar-refractivity contribution is 6.60. The summed E-state index contributed by atoms with van der Waals surface area (Å²) in [5.74, 6) is 0. The smallest absolute Gasteiger partial charge is 0.374 e. The molecule has 98 valence electrons.